The van der Waals surface area contributed by atoms with Crippen molar-refractivity contribution in [3.8, 4) is 0 Å². The number of H-pyrrole nitrogens is 1. The normalized spacial score (nSPS) is 11.4. The van der Waals surface area contributed by atoms with E-state index in [2.05, 4.69) is 9.97 Å². The van der Waals surface area contributed by atoms with Crippen LogP contribution in [-0.2, 0) is 0 Å². The molecule has 0 aliphatic heterocycles. The van der Waals surface area contributed by atoms with Gasteiger partial charge in [0.05, 0.1) is 5.39 Å². The van der Waals surface area contributed by atoms with Crippen LogP contribution >= 0.6 is 11.3 Å². The third-order valence-corrected chi connectivity index (χ3v) is 3.74. The van der Waals surface area contributed by atoms with Crippen LogP contribution in [0.4, 0.5) is 0 Å². The number of rotatable bonds is 0. The van der Waals surface area contributed by atoms with Crippen LogP contribution in [-0.4, -0.2) is 9.97 Å². The van der Waals surface area contributed by atoms with E-state index in [9.17, 15) is 4.79 Å². The van der Waals surface area contributed by atoms with Gasteiger partial charge < -0.3 is 4.98 Å². The Kier molecular flexibility index (Phi) is 1.88. The van der Waals surface area contributed by atoms with Crippen molar-refractivity contribution < 1.29 is 0 Å². The number of hydrogen-bond acceptors (Lipinski definition) is 3. The van der Waals surface area contributed by atoms with Crippen molar-refractivity contribution in [1.29, 1.82) is 0 Å². The Balaban J connectivity index is 2.69. The summed E-state index contributed by atoms with van der Waals surface area (Å²) in [6, 6.07) is 6.06. The molecule has 2 heterocycles. The molecule has 0 amide bonds. The molecule has 0 fully saturated rings. The first-order valence-corrected chi connectivity index (χ1v) is 5.87. The predicted molar refractivity (Wildman–Crippen MR) is 67.2 cm³/mol. The molecular formula is C12H10N2OS. The minimum absolute atomic E-state index is 0.0388. The van der Waals surface area contributed by atoms with E-state index in [0.29, 0.717) is 5.82 Å². The minimum atomic E-state index is -0.0388. The number of thiophene rings is 1. The van der Waals surface area contributed by atoms with Crippen molar-refractivity contribution in [3.05, 3.63) is 39.9 Å². The van der Waals surface area contributed by atoms with E-state index in [1.165, 1.54) is 0 Å². The predicted octanol–water partition coefficient (Wildman–Crippen LogP) is 2.75. The van der Waals surface area contributed by atoms with Crippen molar-refractivity contribution in [1.82, 2.24) is 9.97 Å². The summed E-state index contributed by atoms with van der Waals surface area (Å²) < 4.78 is 1.12. The largest absolute Gasteiger partial charge is 0.310 e. The topological polar surface area (TPSA) is 45.8 Å². The second-order valence-electron chi connectivity index (χ2n) is 3.88. The van der Waals surface area contributed by atoms with Crippen molar-refractivity contribution in [2.45, 2.75) is 13.8 Å². The number of hydrogen-bond donors (Lipinski definition) is 1. The lowest BCUT2D eigenvalue weighted by Gasteiger charge is -1.96. The third-order valence-electron chi connectivity index (χ3n) is 2.70. The first-order chi connectivity index (χ1) is 7.66. The number of fused-ring (bicyclic) bond motifs is 3. The lowest BCUT2D eigenvalue weighted by molar-refractivity contribution is 1.07. The molecule has 1 aromatic carbocycles. The highest BCUT2D eigenvalue weighted by molar-refractivity contribution is 7.25. The molecule has 0 radical (unpaired) electrons. The van der Waals surface area contributed by atoms with E-state index in [-0.39, 0.29) is 5.56 Å². The molecule has 3 nitrogen and oxygen atoms in total. The summed E-state index contributed by atoms with van der Waals surface area (Å²) in [4.78, 5) is 19.9. The Labute approximate surface area is 95.8 Å². The maximum atomic E-state index is 11.9. The molecule has 0 atom stereocenters. The monoisotopic (exact) mass is 230 g/mol. The number of nitrogens with one attached hydrogen (secondary N) is 1. The highest BCUT2D eigenvalue weighted by atomic mass is 32.1. The summed E-state index contributed by atoms with van der Waals surface area (Å²) in [5.74, 6) is 0.668. The Bertz CT molecular complexity index is 755. The van der Waals surface area contributed by atoms with Crippen LogP contribution in [0.25, 0.3) is 20.3 Å². The Morgan fingerprint density at radius 3 is 2.88 bits per heavy atom. The lowest BCUT2D eigenvalue weighted by Crippen LogP contribution is -2.08. The molecule has 0 bridgehead atoms. The SMILES string of the molecule is Cc1nc2sc3cccc(C)c3c2c(=O)[nH]1. The second-order valence-corrected chi connectivity index (χ2v) is 4.91. The smallest absolute Gasteiger partial charge is 0.260 e. The summed E-state index contributed by atoms with van der Waals surface area (Å²) in [7, 11) is 0. The van der Waals surface area contributed by atoms with Gasteiger partial charge in [0.15, 0.2) is 0 Å². The molecule has 3 aromatic rings. The maximum absolute atomic E-state index is 11.9. The molecule has 0 aliphatic carbocycles. The lowest BCUT2D eigenvalue weighted by atomic mass is 10.1. The quantitative estimate of drug-likeness (QED) is 0.645. The molecular weight excluding hydrogens is 220 g/mol. The Morgan fingerprint density at radius 2 is 2.06 bits per heavy atom. The molecule has 80 valence electrons. The van der Waals surface area contributed by atoms with E-state index in [0.717, 1.165) is 25.9 Å². The van der Waals surface area contributed by atoms with E-state index in [1.807, 2.05) is 25.1 Å². The average Bonchev–Trinajstić information content (AvgIpc) is 2.56. The zero-order chi connectivity index (χ0) is 11.3. The Hall–Kier alpha value is -1.68. The summed E-state index contributed by atoms with van der Waals surface area (Å²) in [5.41, 5.74) is 1.09. The molecule has 0 unspecified atom stereocenters. The van der Waals surface area contributed by atoms with Gasteiger partial charge in [-0.05, 0) is 25.5 Å². The number of aromatic amines is 1. The van der Waals surface area contributed by atoms with Crippen LogP contribution in [0, 0.1) is 13.8 Å². The first kappa shape index (κ1) is 9.54. The van der Waals surface area contributed by atoms with E-state index < -0.39 is 0 Å². The number of benzene rings is 1. The summed E-state index contributed by atoms with van der Waals surface area (Å²) in [6.07, 6.45) is 0. The van der Waals surface area contributed by atoms with Crippen LogP contribution in [0.3, 0.4) is 0 Å². The summed E-state index contributed by atoms with van der Waals surface area (Å²) in [5, 5.41) is 1.76. The van der Waals surface area contributed by atoms with Gasteiger partial charge in [-0.2, -0.15) is 0 Å². The van der Waals surface area contributed by atoms with E-state index in [1.54, 1.807) is 18.3 Å². The molecule has 0 aliphatic rings. The molecule has 0 saturated heterocycles. The fourth-order valence-electron chi connectivity index (χ4n) is 2.00. The van der Waals surface area contributed by atoms with Gasteiger partial charge in [-0.3, -0.25) is 4.79 Å². The van der Waals surface area contributed by atoms with Gasteiger partial charge in [0.1, 0.15) is 10.7 Å². The molecule has 4 heteroatoms. The average molecular weight is 230 g/mol. The fraction of sp³-hybridized carbons (Fsp3) is 0.167. The van der Waals surface area contributed by atoms with Gasteiger partial charge in [-0.15, -0.1) is 11.3 Å². The number of nitrogens with zero attached hydrogens (tertiary/aromatic N) is 1. The van der Waals surface area contributed by atoms with Gasteiger partial charge in [0, 0.05) is 10.1 Å². The molecule has 3 rings (SSSR count). The zero-order valence-electron chi connectivity index (χ0n) is 9.00. The highest BCUT2D eigenvalue weighted by Crippen LogP contribution is 2.32. The Morgan fingerprint density at radius 1 is 1.25 bits per heavy atom. The van der Waals surface area contributed by atoms with Gasteiger partial charge in [-0.1, -0.05) is 12.1 Å². The third kappa shape index (κ3) is 1.20. The highest BCUT2D eigenvalue weighted by Gasteiger charge is 2.11. The molecule has 1 N–H and O–H groups in total. The van der Waals surface area contributed by atoms with Gasteiger partial charge in [0.2, 0.25) is 0 Å². The van der Waals surface area contributed by atoms with Gasteiger partial charge in [-0.25, -0.2) is 4.98 Å². The minimum Gasteiger partial charge on any atom is -0.310 e. The molecule has 2 aromatic heterocycles. The van der Waals surface area contributed by atoms with Crippen LogP contribution in [0.15, 0.2) is 23.0 Å². The van der Waals surface area contributed by atoms with E-state index in [4.69, 9.17) is 0 Å². The maximum Gasteiger partial charge on any atom is 0.260 e. The van der Waals surface area contributed by atoms with Crippen molar-refractivity contribution in [3.63, 3.8) is 0 Å². The van der Waals surface area contributed by atoms with Crippen molar-refractivity contribution in [2.75, 3.05) is 0 Å². The van der Waals surface area contributed by atoms with Crippen LogP contribution in [0.1, 0.15) is 11.4 Å². The molecule has 16 heavy (non-hydrogen) atoms. The molecule has 0 spiro atoms. The van der Waals surface area contributed by atoms with Crippen molar-refractivity contribution in [2.24, 2.45) is 0 Å². The van der Waals surface area contributed by atoms with Crippen LogP contribution in [0.2, 0.25) is 0 Å². The standard InChI is InChI=1S/C12H10N2OS/c1-6-4-3-5-8-9(6)10-11(15)13-7(2)14-12(10)16-8/h3-5H,1-2H3,(H,13,14,15). The second kappa shape index (κ2) is 3.15. The summed E-state index contributed by atoms with van der Waals surface area (Å²) in [6.45, 7) is 3.83. The summed E-state index contributed by atoms with van der Waals surface area (Å²) >= 11 is 1.57. The van der Waals surface area contributed by atoms with Crippen molar-refractivity contribution >= 4 is 31.6 Å². The molecule has 0 saturated carbocycles. The van der Waals surface area contributed by atoms with E-state index >= 15 is 0 Å². The zero-order valence-corrected chi connectivity index (χ0v) is 9.81. The fourth-order valence-corrected chi connectivity index (χ4v) is 3.20. The van der Waals surface area contributed by atoms with Gasteiger partial charge in [0.25, 0.3) is 5.56 Å². The number of aryl methyl sites for hydroxylation is 2. The van der Waals surface area contributed by atoms with Crippen LogP contribution < -0.4 is 5.56 Å². The van der Waals surface area contributed by atoms with Gasteiger partial charge >= 0.3 is 0 Å². The van der Waals surface area contributed by atoms with Crippen LogP contribution in [0.5, 0.6) is 0 Å². The number of aromatic nitrogens is 2. The first-order valence-electron chi connectivity index (χ1n) is 5.05.